The third-order valence-corrected chi connectivity index (χ3v) is 1.45. The Hall–Kier alpha value is -0.990. The van der Waals surface area contributed by atoms with Gasteiger partial charge in [-0.1, -0.05) is 6.92 Å². The molecule has 0 bridgehead atoms. The van der Waals surface area contributed by atoms with Gasteiger partial charge in [-0.05, 0) is 6.42 Å². The molecule has 0 atom stereocenters. The highest BCUT2D eigenvalue weighted by Gasteiger charge is 1.97. The van der Waals surface area contributed by atoms with E-state index in [0.29, 0.717) is 0 Å². The Bertz CT molecular complexity index is 169. The van der Waals surface area contributed by atoms with Crippen LogP contribution in [-0.4, -0.2) is 23.6 Å². The molecule has 1 aromatic rings. The maximum Gasteiger partial charge on any atom is 0.125 e. The maximum atomic E-state index is 3.93. The molecule has 0 aliphatic carbocycles. The van der Waals surface area contributed by atoms with Gasteiger partial charge < -0.3 is 9.88 Å². The molecule has 1 N–H and O–H groups in total. The van der Waals surface area contributed by atoms with Crippen molar-refractivity contribution in [3.05, 3.63) is 12.5 Å². The Morgan fingerprint density at radius 3 is 3.00 bits per heavy atom. The van der Waals surface area contributed by atoms with E-state index in [1.807, 2.05) is 6.20 Å². The Kier molecular flexibility index (Phi) is 2.31. The van der Waals surface area contributed by atoms with Crippen molar-refractivity contribution in [3.63, 3.8) is 0 Å². The summed E-state index contributed by atoms with van der Waals surface area (Å²) in [4.78, 5) is 9.11. The Morgan fingerprint density at radius 1 is 1.70 bits per heavy atom. The zero-order valence-electron chi connectivity index (χ0n) is 6.46. The zero-order chi connectivity index (χ0) is 7.40. The summed E-state index contributed by atoms with van der Waals surface area (Å²) < 4.78 is 0. The summed E-state index contributed by atoms with van der Waals surface area (Å²) >= 11 is 0. The van der Waals surface area contributed by atoms with Crippen molar-refractivity contribution in [2.75, 3.05) is 18.5 Å². The summed E-state index contributed by atoms with van der Waals surface area (Å²) in [5.41, 5.74) is 0. The summed E-state index contributed by atoms with van der Waals surface area (Å²) in [5, 5.41) is 0. The van der Waals surface area contributed by atoms with Gasteiger partial charge in [0.05, 0.1) is 12.5 Å². The smallest absolute Gasteiger partial charge is 0.125 e. The minimum Gasteiger partial charge on any atom is -0.360 e. The molecule has 56 valence electrons. The van der Waals surface area contributed by atoms with E-state index in [4.69, 9.17) is 0 Å². The molecule has 0 unspecified atom stereocenters. The number of aromatic nitrogens is 2. The molecule has 1 aromatic heterocycles. The number of aromatic amines is 1. The SMILES string of the molecule is CCCN(C)c1cnc[nH]1. The first-order valence-electron chi connectivity index (χ1n) is 3.54. The summed E-state index contributed by atoms with van der Waals surface area (Å²) in [6, 6.07) is 0. The van der Waals surface area contributed by atoms with Crippen LogP contribution in [-0.2, 0) is 0 Å². The summed E-state index contributed by atoms with van der Waals surface area (Å²) in [6.45, 7) is 3.23. The predicted octanol–water partition coefficient (Wildman–Crippen LogP) is 1.26. The Labute approximate surface area is 61.1 Å². The second-order valence-electron chi connectivity index (χ2n) is 2.36. The standard InChI is InChI=1S/C7H13N3/c1-3-4-10(2)7-5-8-6-9-7/h5-6H,3-4H2,1-2H3,(H,8,9). The normalized spacial score (nSPS) is 9.80. The number of hydrogen-bond acceptors (Lipinski definition) is 2. The second kappa shape index (κ2) is 3.25. The molecule has 0 saturated carbocycles. The minimum atomic E-state index is 1.07. The molecule has 0 saturated heterocycles. The number of hydrogen-bond donors (Lipinski definition) is 1. The van der Waals surface area contributed by atoms with Crippen molar-refractivity contribution < 1.29 is 0 Å². The molecule has 3 nitrogen and oxygen atoms in total. The fraction of sp³-hybridized carbons (Fsp3) is 0.571. The highest BCUT2D eigenvalue weighted by Crippen LogP contribution is 2.04. The first-order valence-corrected chi connectivity index (χ1v) is 3.54. The van der Waals surface area contributed by atoms with E-state index in [0.717, 1.165) is 18.8 Å². The van der Waals surface area contributed by atoms with Crippen LogP contribution in [0.1, 0.15) is 13.3 Å². The summed E-state index contributed by atoms with van der Waals surface area (Å²) in [6.07, 6.45) is 4.69. The van der Waals surface area contributed by atoms with Crippen LogP contribution in [0, 0.1) is 0 Å². The molecule has 0 amide bonds. The van der Waals surface area contributed by atoms with E-state index < -0.39 is 0 Å². The fourth-order valence-corrected chi connectivity index (χ4v) is 0.913. The molecular formula is C7H13N3. The van der Waals surface area contributed by atoms with E-state index in [1.54, 1.807) is 6.33 Å². The van der Waals surface area contributed by atoms with Gasteiger partial charge in [0, 0.05) is 13.6 Å². The van der Waals surface area contributed by atoms with Crippen LogP contribution in [0.2, 0.25) is 0 Å². The van der Waals surface area contributed by atoms with Crippen LogP contribution in [0.5, 0.6) is 0 Å². The van der Waals surface area contributed by atoms with Crippen molar-refractivity contribution in [2.45, 2.75) is 13.3 Å². The largest absolute Gasteiger partial charge is 0.360 e. The van der Waals surface area contributed by atoms with E-state index >= 15 is 0 Å². The van der Waals surface area contributed by atoms with Gasteiger partial charge in [-0.25, -0.2) is 4.98 Å². The molecule has 0 radical (unpaired) electrons. The van der Waals surface area contributed by atoms with Gasteiger partial charge in [0.25, 0.3) is 0 Å². The van der Waals surface area contributed by atoms with Crippen LogP contribution >= 0.6 is 0 Å². The lowest BCUT2D eigenvalue weighted by molar-refractivity contribution is 0.841. The van der Waals surface area contributed by atoms with Crippen molar-refractivity contribution in [3.8, 4) is 0 Å². The van der Waals surface area contributed by atoms with E-state index in [9.17, 15) is 0 Å². The molecule has 3 heteroatoms. The topological polar surface area (TPSA) is 31.9 Å². The molecular weight excluding hydrogens is 126 g/mol. The number of rotatable bonds is 3. The molecule has 10 heavy (non-hydrogen) atoms. The van der Waals surface area contributed by atoms with Gasteiger partial charge in [-0.15, -0.1) is 0 Å². The van der Waals surface area contributed by atoms with Crippen LogP contribution in [0.3, 0.4) is 0 Å². The Morgan fingerprint density at radius 2 is 2.50 bits per heavy atom. The van der Waals surface area contributed by atoms with Gasteiger partial charge in [0.2, 0.25) is 0 Å². The van der Waals surface area contributed by atoms with Gasteiger partial charge in [0.1, 0.15) is 5.82 Å². The highest BCUT2D eigenvalue weighted by molar-refractivity contribution is 5.33. The quantitative estimate of drug-likeness (QED) is 0.683. The molecule has 0 aliphatic heterocycles. The molecule has 1 heterocycles. The summed E-state index contributed by atoms with van der Waals surface area (Å²) in [5.74, 6) is 1.09. The summed E-state index contributed by atoms with van der Waals surface area (Å²) in [7, 11) is 2.05. The number of anilines is 1. The van der Waals surface area contributed by atoms with Gasteiger partial charge in [0.15, 0.2) is 0 Å². The highest BCUT2D eigenvalue weighted by atomic mass is 15.2. The third kappa shape index (κ3) is 1.50. The molecule has 0 fully saturated rings. The number of H-pyrrole nitrogens is 1. The minimum absolute atomic E-state index is 1.07. The first-order chi connectivity index (χ1) is 4.84. The van der Waals surface area contributed by atoms with Crippen LogP contribution in [0.25, 0.3) is 0 Å². The van der Waals surface area contributed by atoms with Crippen LogP contribution < -0.4 is 4.90 Å². The Balaban J connectivity index is 2.50. The number of nitrogens with zero attached hydrogens (tertiary/aromatic N) is 2. The predicted molar refractivity (Wildman–Crippen MR) is 42.1 cm³/mol. The van der Waals surface area contributed by atoms with Crippen molar-refractivity contribution >= 4 is 5.82 Å². The lowest BCUT2D eigenvalue weighted by Crippen LogP contribution is -2.17. The third-order valence-electron chi connectivity index (χ3n) is 1.45. The molecule has 0 aliphatic rings. The van der Waals surface area contributed by atoms with Crippen LogP contribution in [0.15, 0.2) is 12.5 Å². The monoisotopic (exact) mass is 139 g/mol. The zero-order valence-corrected chi connectivity index (χ0v) is 6.46. The molecule has 0 spiro atoms. The van der Waals surface area contributed by atoms with Gasteiger partial charge >= 0.3 is 0 Å². The number of nitrogens with one attached hydrogen (secondary N) is 1. The average Bonchev–Trinajstić information content (AvgIpc) is 2.38. The molecule has 0 aromatic carbocycles. The van der Waals surface area contributed by atoms with Crippen molar-refractivity contribution in [2.24, 2.45) is 0 Å². The van der Waals surface area contributed by atoms with E-state index in [-0.39, 0.29) is 0 Å². The lowest BCUT2D eigenvalue weighted by Gasteiger charge is -2.14. The second-order valence-corrected chi connectivity index (χ2v) is 2.36. The van der Waals surface area contributed by atoms with E-state index in [2.05, 4.69) is 28.8 Å². The lowest BCUT2D eigenvalue weighted by atomic mass is 10.4. The first kappa shape index (κ1) is 7.12. The maximum absolute atomic E-state index is 3.93. The van der Waals surface area contributed by atoms with Crippen molar-refractivity contribution in [1.82, 2.24) is 9.97 Å². The fourth-order valence-electron chi connectivity index (χ4n) is 0.913. The van der Waals surface area contributed by atoms with E-state index in [1.165, 1.54) is 0 Å². The van der Waals surface area contributed by atoms with Crippen LogP contribution in [0.4, 0.5) is 5.82 Å². The van der Waals surface area contributed by atoms with Gasteiger partial charge in [-0.3, -0.25) is 0 Å². The van der Waals surface area contributed by atoms with Gasteiger partial charge in [-0.2, -0.15) is 0 Å². The number of imidazole rings is 1. The average molecular weight is 139 g/mol. The molecule has 1 rings (SSSR count). The van der Waals surface area contributed by atoms with Crippen molar-refractivity contribution in [1.29, 1.82) is 0 Å².